The number of hydrogen-bond acceptors (Lipinski definition) is 3. The van der Waals surface area contributed by atoms with Crippen LogP contribution in [0, 0.1) is 6.92 Å². The zero-order valence-electron chi connectivity index (χ0n) is 10.7. The largest absolute Gasteiger partial charge is 0.394 e. The number of aliphatic hydroxyl groups excluding tert-OH is 1. The van der Waals surface area contributed by atoms with Crippen molar-refractivity contribution in [2.45, 2.75) is 37.6 Å². The third kappa shape index (κ3) is 3.45. The molecule has 0 spiro atoms. The lowest BCUT2D eigenvalue weighted by Gasteiger charge is -2.27. The molecule has 0 heterocycles. The molecule has 0 fully saturated rings. The fourth-order valence-corrected chi connectivity index (χ4v) is 3.44. The Hall–Kier alpha value is -0.620. The summed E-state index contributed by atoms with van der Waals surface area (Å²) in [6, 6.07) is 4.70. The summed E-state index contributed by atoms with van der Waals surface area (Å²) in [5, 5.41) is 9.63. The summed E-state index contributed by atoms with van der Waals surface area (Å²) in [7, 11) is -3.69. The van der Waals surface area contributed by atoms with E-state index in [4.69, 9.17) is 11.6 Å². The minimum atomic E-state index is -3.69. The van der Waals surface area contributed by atoms with Crippen LogP contribution in [0.15, 0.2) is 23.1 Å². The first-order chi connectivity index (χ1) is 8.24. The van der Waals surface area contributed by atoms with Crippen LogP contribution in [-0.2, 0) is 10.0 Å². The fourth-order valence-electron chi connectivity index (χ4n) is 1.46. The van der Waals surface area contributed by atoms with Crippen molar-refractivity contribution in [2.75, 3.05) is 6.61 Å². The monoisotopic (exact) mass is 291 g/mol. The first-order valence-corrected chi connectivity index (χ1v) is 7.51. The van der Waals surface area contributed by atoms with Crippen LogP contribution in [0.1, 0.15) is 25.8 Å². The standard InChI is InChI=1S/C12H18ClNO3S/c1-4-12(3,8-15)14-18(16,17)11-7-10(13)6-5-9(11)2/h5-7,14-15H,4,8H2,1-3H3. The summed E-state index contributed by atoms with van der Waals surface area (Å²) in [6.45, 7) is 4.91. The van der Waals surface area contributed by atoms with Gasteiger partial charge in [-0.2, -0.15) is 0 Å². The minimum absolute atomic E-state index is 0.142. The maximum Gasteiger partial charge on any atom is 0.241 e. The summed E-state index contributed by atoms with van der Waals surface area (Å²) in [5.74, 6) is 0. The number of benzene rings is 1. The third-order valence-electron chi connectivity index (χ3n) is 2.95. The predicted octanol–water partition coefficient (Wildman–Crippen LogP) is 2.09. The predicted molar refractivity (Wildman–Crippen MR) is 72.3 cm³/mol. The maximum absolute atomic E-state index is 12.3. The summed E-state index contributed by atoms with van der Waals surface area (Å²) in [6.07, 6.45) is 0.488. The molecule has 2 N–H and O–H groups in total. The summed E-state index contributed by atoms with van der Waals surface area (Å²) >= 11 is 5.82. The number of halogens is 1. The van der Waals surface area contributed by atoms with Gasteiger partial charge >= 0.3 is 0 Å². The van der Waals surface area contributed by atoms with Crippen molar-refractivity contribution in [1.82, 2.24) is 4.72 Å². The second kappa shape index (κ2) is 5.57. The first-order valence-electron chi connectivity index (χ1n) is 5.65. The van der Waals surface area contributed by atoms with Crippen molar-refractivity contribution in [1.29, 1.82) is 0 Å². The summed E-state index contributed by atoms with van der Waals surface area (Å²) in [4.78, 5) is 0.142. The van der Waals surface area contributed by atoms with E-state index in [9.17, 15) is 13.5 Å². The van der Waals surface area contributed by atoms with Gasteiger partial charge in [-0.3, -0.25) is 0 Å². The molecule has 0 aromatic heterocycles. The second-order valence-electron chi connectivity index (χ2n) is 4.59. The van der Waals surface area contributed by atoms with E-state index in [0.717, 1.165) is 0 Å². The summed E-state index contributed by atoms with van der Waals surface area (Å²) in [5.41, 5.74) is -0.253. The molecule has 1 atom stereocenters. The molecule has 1 rings (SSSR count). The lowest BCUT2D eigenvalue weighted by atomic mass is 10.0. The molecule has 4 nitrogen and oxygen atoms in total. The average molecular weight is 292 g/mol. The Labute approximate surface area is 113 Å². The van der Waals surface area contributed by atoms with Gasteiger partial charge in [-0.15, -0.1) is 0 Å². The van der Waals surface area contributed by atoms with E-state index in [1.54, 1.807) is 26.0 Å². The van der Waals surface area contributed by atoms with Crippen LogP contribution in [0.3, 0.4) is 0 Å². The Morgan fingerprint density at radius 1 is 1.44 bits per heavy atom. The Morgan fingerprint density at radius 2 is 2.06 bits per heavy atom. The van der Waals surface area contributed by atoms with Crippen molar-refractivity contribution in [2.24, 2.45) is 0 Å². The van der Waals surface area contributed by atoms with Gasteiger partial charge in [-0.1, -0.05) is 24.6 Å². The quantitative estimate of drug-likeness (QED) is 0.873. The van der Waals surface area contributed by atoms with E-state index in [1.807, 2.05) is 6.92 Å². The third-order valence-corrected chi connectivity index (χ3v) is 4.97. The van der Waals surface area contributed by atoms with E-state index >= 15 is 0 Å². The zero-order chi connectivity index (χ0) is 14.0. The molecule has 1 unspecified atom stereocenters. The molecular formula is C12H18ClNO3S. The van der Waals surface area contributed by atoms with Gasteiger partial charge in [0.15, 0.2) is 0 Å². The number of nitrogens with one attached hydrogen (secondary N) is 1. The van der Waals surface area contributed by atoms with Gasteiger partial charge in [0.1, 0.15) is 0 Å². The highest BCUT2D eigenvalue weighted by atomic mass is 35.5. The van der Waals surface area contributed by atoms with E-state index < -0.39 is 15.6 Å². The number of aryl methyl sites for hydroxylation is 1. The van der Waals surface area contributed by atoms with Gasteiger partial charge in [0, 0.05) is 5.02 Å². The highest BCUT2D eigenvalue weighted by Gasteiger charge is 2.29. The molecule has 102 valence electrons. The Morgan fingerprint density at radius 3 is 2.56 bits per heavy atom. The Balaban J connectivity index is 3.18. The molecule has 18 heavy (non-hydrogen) atoms. The van der Waals surface area contributed by atoms with E-state index in [-0.39, 0.29) is 11.5 Å². The second-order valence-corrected chi connectivity index (χ2v) is 6.67. The fraction of sp³-hybridized carbons (Fsp3) is 0.500. The Bertz CT molecular complexity index is 524. The van der Waals surface area contributed by atoms with Crippen LogP contribution in [-0.4, -0.2) is 25.7 Å². The van der Waals surface area contributed by atoms with Crippen LogP contribution in [0.5, 0.6) is 0 Å². The van der Waals surface area contributed by atoms with Crippen LogP contribution in [0.25, 0.3) is 0 Å². The molecular weight excluding hydrogens is 274 g/mol. The minimum Gasteiger partial charge on any atom is -0.394 e. The number of aliphatic hydroxyl groups is 1. The van der Waals surface area contributed by atoms with Crippen LogP contribution in [0.4, 0.5) is 0 Å². The SMILES string of the molecule is CCC(C)(CO)NS(=O)(=O)c1cc(Cl)ccc1C. The number of sulfonamides is 1. The highest BCUT2D eigenvalue weighted by molar-refractivity contribution is 7.89. The molecule has 0 aliphatic carbocycles. The molecule has 0 aliphatic rings. The van der Waals surface area contributed by atoms with E-state index in [2.05, 4.69) is 4.72 Å². The lowest BCUT2D eigenvalue weighted by Crippen LogP contribution is -2.48. The normalized spacial score (nSPS) is 15.4. The Kier molecular flexibility index (Phi) is 4.78. The van der Waals surface area contributed by atoms with Crippen LogP contribution < -0.4 is 4.72 Å². The van der Waals surface area contributed by atoms with E-state index in [0.29, 0.717) is 17.0 Å². The smallest absolute Gasteiger partial charge is 0.241 e. The molecule has 0 radical (unpaired) electrons. The van der Waals surface area contributed by atoms with Gasteiger partial charge in [0.25, 0.3) is 0 Å². The zero-order valence-corrected chi connectivity index (χ0v) is 12.3. The van der Waals surface area contributed by atoms with Gasteiger partial charge in [-0.25, -0.2) is 13.1 Å². The average Bonchev–Trinajstić information content (AvgIpc) is 2.31. The lowest BCUT2D eigenvalue weighted by molar-refractivity contribution is 0.191. The molecule has 0 saturated heterocycles. The highest BCUT2D eigenvalue weighted by Crippen LogP contribution is 2.22. The van der Waals surface area contributed by atoms with Crippen molar-refractivity contribution in [3.8, 4) is 0 Å². The van der Waals surface area contributed by atoms with Crippen LogP contribution >= 0.6 is 11.6 Å². The molecule has 1 aromatic carbocycles. The van der Waals surface area contributed by atoms with Crippen molar-refractivity contribution in [3.05, 3.63) is 28.8 Å². The van der Waals surface area contributed by atoms with Gasteiger partial charge in [0.2, 0.25) is 10.0 Å². The van der Waals surface area contributed by atoms with Crippen molar-refractivity contribution < 1.29 is 13.5 Å². The molecule has 0 saturated carbocycles. The molecule has 0 bridgehead atoms. The first kappa shape index (κ1) is 15.4. The molecule has 0 aliphatic heterocycles. The van der Waals surface area contributed by atoms with Crippen LogP contribution in [0.2, 0.25) is 5.02 Å². The molecule has 1 aromatic rings. The maximum atomic E-state index is 12.3. The van der Waals surface area contributed by atoms with Gasteiger partial charge in [0.05, 0.1) is 17.0 Å². The van der Waals surface area contributed by atoms with Gasteiger partial charge in [-0.05, 0) is 38.0 Å². The topological polar surface area (TPSA) is 66.4 Å². The molecule has 6 heteroatoms. The van der Waals surface area contributed by atoms with E-state index in [1.165, 1.54) is 6.07 Å². The number of rotatable bonds is 5. The van der Waals surface area contributed by atoms with Crippen molar-refractivity contribution >= 4 is 21.6 Å². The van der Waals surface area contributed by atoms with Gasteiger partial charge < -0.3 is 5.11 Å². The van der Waals surface area contributed by atoms with Crippen molar-refractivity contribution in [3.63, 3.8) is 0 Å². The molecule has 0 amide bonds. The number of hydrogen-bond donors (Lipinski definition) is 2. The summed E-state index contributed by atoms with van der Waals surface area (Å²) < 4.78 is 27.0.